The second-order valence-corrected chi connectivity index (χ2v) is 9.30. The van der Waals surface area contributed by atoms with Crippen molar-refractivity contribution in [1.82, 2.24) is 4.90 Å². The van der Waals surface area contributed by atoms with Crippen molar-refractivity contribution in [2.75, 3.05) is 39.7 Å². The molecule has 1 aromatic rings. The number of nitrogens with one attached hydrogen (secondary N) is 1. The fraction of sp³-hybridized carbons (Fsp3) is 0.565. The summed E-state index contributed by atoms with van der Waals surface area (Å²) in [7, 11) is 4.64. The Bertz CT molecular complexity index is 1020. The number of rotatable bonds is 3. The Morgan fingerprint density at radius 3 is 2.77 bits per heavy atom. The van der Waals surface area contributed by atoms with Gasteiger partial charge in [-0.1, -0.05) is 18.2 Å². The number of nitrogens with zero attached hydrogens (tertiary/aromatic N) is 1. The zero-order valence-electron chi connectivity index (χ0n) is 17.5. The van der Waals surface area contributed by atoms with E-state index < -0.39 is 11.0 Å². The topological polar surface area (TPSA) is 77.1 Å². The van der Waals surface area contributed by atoms with Crippen LogP contribution in [0.1, 0.15) is 24.8 Å². The van der Waals surface area contributed by atoms with Gasteiger partial charge in [0.25, 0.3) is 0 Å². The first-order valence-corrected chi connectivity index (χ1v) is 10.6. The molecule has 1 aromatic carbocycles. The Morgan fingerprint density at radius 2 is 2.03 bits per heavy atom. The third kappa shape index (κ3) is 1.67. The average Bonchev–Trinajstić information content (AvgIpc) is 3.25. The van der Waals surface area contributed by atoms with Gasteiger partial charge in [0.1, 0.15) is 11.3 Å². The van der Waals surface area contributed by atoms with Crippen LogP contribution in [-0.2, 0) is 19.7 Å². The Morgan fingerprint density at radius 1 is 1.20 bits per heavy atom. The molecule has 1 N–H and O–H groups in total. The van der Waals surface area contributed by atoms with Crippen molar-refractivity contribution in [2.45, 2.75) is 36.3 Å². The van der Waals surface area contributed by atoms with Gasteiger partial charge >= 0.3 is 5.97 Å². The third-order valence-corrected chi connectivity index (χ3v) is 8.52. The number of Topliss-reactive ketones (excluding diaryl/α,β-unsaturated/α-hetero) is 1. The van der Waals surface area contributed by atoms with Crippen LogP contribution in [0.15, 0.2) is 24.3 Å². The van der Waals surface area contributed by atoms with Crippen molar-refractivity contribution in [3.8, 4) is 11.5 Å². The van der Waals surface area contributed by atoms with E-state index in [1.807, 2.05) is 12.1 Å². The maximum Gasteiger partial charge on any atom is 0.332 e. The summed E-state index contributed by atoms with van der Waals surface area (Å²) in [6.07, 6.45) is 6.39. The number of ether oxygens (including phenoxy) is 3. The quantitative estimate of drug-likeness (QED) is 0.602. The van der Waals surface area contributed by atoms with E-state index in [1.165, 1.54) is 7.11 Å². The smallest absolute Gasteiger partial charge is 0.332 e. The number of hydrogen-bond acceptors (Lipinski definition) is 7. The third-order valence-electron chi connectivity index (χ3n) is 8.52. The largest absolute Gasteiger partial charge is 0.493 e. The molecule has 1 spiro atoms. The molecule has 7 nitrogen and oxygen atoms in total. The molecule has 0 radical (unpaired) electrons. The number of esters is 1. The minimum absolute atomic E-state index is 0.0670. The Balaban J connectivity index is 1.72. The molecule has 3 aliphatic heterocycles. The molecule has 158 valence electrons. The number of anilines is 1. The van der Waals surface area contributed by atoms with Gasteiger partial charge in [0.05, 0.1) is 32.4 Å². The first kappa shape index (κ1) is 18.2. The lowest BCUT2D eigenvalue weighted by molar-refractivity contribution is -0.159. The minimum Gasteiger partial charge on any atom is -0.493 e. The number of hydrogen-bond donors (Lipinski definition) is 1. The van der Waals surface area contributed by atoms with Gasteiger partial charge in [-0.05, 0) is 24.5 Å². The van der Waals surface area contributed by atoms with Crippen molar-refractivity contribution in [3.63, 3.8) is 0 Å². The van der Waals surface area contributed by atoms with Crippen LogP contribution in [0.4, 0.5) is 5.69 Å². The summed E-state index contributed by atoms with van der Waals surface area (Å²) in [5.74, 6) is 0.858. The Hall–Kier alpha value is -2.54. The molecule has 6 rings (SSSR count). The fourth-order valence-electron chi connectivity index (χ4n) is 7.73. The van der Waals surface area contributed by atoms with Gasteiger partial charge in [0.2, 0.25) is 0 Å². The van der Waals surface area contributed by atoms with Gasteiger partial charge in [-0.3, -0.25) is 9.69 Å². The predicted molar refractivity (Wildman–Crippen MR) is 109 cm³/mol. The average molecular weight is 410 g/mol. The van der Waals surface area contributed by atoms with Gasteiger partial charge in [-0.25, -0.2) is 4.79 Å². The Labute approximate surface area is 175 Å². The lowest BCUT2D eigenvalue weighted by atomic mass is 9.42. The van der Waals surface area contributed by atoms with E-state index in [-0.39, 0.29) is 29.1 Å². The molecule has 2 saturated carbocycles. The molecular weight excluding hydrogens is 384 g/mol. The number of methoxy groups -OCH3 is 3. The molecular formula is C23H26N2O5. The standard InChI is InChI=1S/C23H26N2O5/c1-28-16-6-5-13-17(18(16)29-2)24-22(20(27)30-3)9-8-21-7-4-10-25-12-14(15(26)11-21)23(13,22)19(21)25/h4-7,14,19,24H,8-12H2,1-3H3. The summed E-state index contributed by atoms with van der Waals surface area (Å²) >= 11 is 0. The van der Waals surface area contributed by atoms with Gasteiger partial charge in [-0.2, -0.15) is 0 Å². The number of carbonyl (C=O) groups excluding carboxylic acids is 2. The van der Waals surface area contributed by atoms with Crippen LogP contribution in [0.25, 0.3) is 0 Å². The van der Waals surface area contributed by atoms with Gasteiger partial charge in [-0.15, -0.1) is 0 Å². The van der Waals surface area contributed by atoms with Gasteiger partial charge in [0.15, 0.2) is 11.5 Å². The van der Waals surface area contributed by atoms with Crippen LogP contribution < -0.4 is 14.8 Å². The summed E-state index contributed by atoms with van der Waals surface area (Å²) in [5, 5.41) is 3.57. The molecule has 5 aliphatic rings. The highest BCUT2D eigenvalue weighted by Gasteiger charge is 2.81. The number of fused-ring (bicyclic) bond motifs is 1. The van der Waals surface area contributed by atoms with Crippen LogP contribution in [0.5, 0.6) is 11.5 Å². The molecule has 30 heavy (non-hydrogen) atoms. The zero-order chi connectivity index (χ0) is 20.9. The van der Waals surface area contributed by atoms with Crippen molar-refractivity contribution in [1.29, 1.82) is 0 Å². The van der Waals surface area contributed by atoms with Gasteiger partial charge in [0, 0.05) is 36.9 Å². The second kappa shape index (κ2) is 5.58. The summed E-state index contributed by atoms with van der Waals surface area (Å²) in [6.45, 7) is 1.47. The van der Waals surface area contributed by atoms with E-state index in [1.54, 1.807) is 14.2 Å². The van der Waals surface area contributed by atoms with E-state index >= 15 is 0 Å². The van der Waals surface area contributed by atoms with E-state index in [0.717, 1.165) is 24.2 Å². The summed E-state index contributed by atoms with van der Waals surface area (Å²) in [6, 6.07) is 3.98. The number of benzene rings is 1. The number of carbonyl (C=O) groups is 2. The van der Waals surface area contributed by atoms with E-state index in [9.17, 15) is 9.59 Å². The van der Waals surface area contributed by atoms with Crippen molar-refractivity contribution >= 4 is 17.4 Å². The molecule has 0 amide bonds. The summed E-state index contributed by atoms with van der Waals surface area (Å²) in [5.41, 5.74) is -0.188. The van der Waals surface area contributed by atoms with Crippen molar-refractivity contribution < 1.29 is 23.8 Å². The molecule has 0 aromatic heterocycles. The predicted octanol–water partition coefficient (Wildman–Crippen LogP) is 1.90. The summed E-state index contributed by atoms with van der Waals surface area (Å²) in [4.78, 5) is 29.5. The molecule has 2 aliphatic carbocycles. The molecule has 3 fully saturated rings. The molecule has 4 bridgehead atoms. The Kier molecular flexibility index (Phi) is 3.39. The maximum absolute atomic E-state index is 13.6. The molecule has 1 saturated heterocycles. The van der Waals surface area contributed by atoms with Crippen molar-refractivity contribution in [3.05, 3.63) is 29.8 Å². The highest BCUT2D eigenvalue weighted by atomic mass is 16.5. The molecule has 3 heterocycles. The minimum atomic E-state index is -1.00. The highest BCUT2D eigenvalue weighted by molar-refractivity contribution is 5.99. The van der Waals surface area contributed by atoms with E-state index in [2.05, 4.69) is 22.4 Å². The normalized spacial score (nSPS) is 39.8. The van der Waals surface area contributed by atoms with Crippen LogP contribution in [0, 0.1) is 11.3 Å². The summed E-state index contributed by atoms with van der Waals surface area (Å²) < 4.78 is 16.7. The van der Waals surface area contributed by atoms with Crippen LogP contribution in [-0.4, -0.2) is 62.7 Å². The van der Waals surface area contributed by atoms with Crippen molar-refractivity contribution in [2.24, 2.45) is 11.3 Å². The first-order chi connectivity index (χ1) is 14.5. The molecule has 5 unspecified atom stereocenters. The SMILES string of the molecule is COC(=O)C12CCC34C=CCN5CC(C(=O)C3)C1(c1ccc(OC)c(OC)c1N2)C54. The fourth-order valence-corrected chi connectivity index (χ4v) is 7.73. The van der Waals surface area contributed by atoms with E-state index in [4.69, 9.17) is 14.2 Å². The van der Waals surface area contributed by atoms with Crippen LogP contribution in [0.3, 0.4) is 0 Å². The highest BCUT2D eigenvalue weighted by Crippen LogP contribution is 2.72. The second-order valence-electron chi connectivity index (χ2n) is 9.30. The lowest BCUT2D eigenvalue weighted by Crippen LogP contribution is -2.75. The lowest BCUT2D eigenvalue weighted by Gasteiger charge is -2.62. The zero-order valence-corrected chi connectivity index (χ0v) is 17.5. The monoisotopic (exact) mass is 410 g/mol. The van der Waals surface area contributed by atoms with Crippen LogP contribution >= 0.6 is 0 Å². The van der Waals surface area contributed by atoms with E-state index in [0.29, 0.717) is 30.9 Å². The van der Waals surface area contributed by atoms with Crippen LogP contribution in [0.2, 0.25) is 0 Å². The first-order valence-electron chi connectivity index (χ1n) is 10.6. The number of ketones is 1. The maximum atomic E-state index is 13.6. The van der Waals surface area contributed by atoms with Gasteiger partial charge < -0.3 is 19.5 Å². The molecule has 7 heteroatoms. The molecule has 5 atom stereocenters.